The summed E-state index contributed by atoms with van der Waals surface area (Å²) in [6.07, 6.45) is 9.16. The molecule has 0 bridgehead atoms. The molecule has 0 N–H and O–H groups in total. The number of hydrogen-bond acceptors (Lipinski definition) is 4. The summed E-state index contributed by atoms with van der Waals surface area (Å²) in [6, 6.07) is 7.86. The molecule has 26 heavy (non-hydrogen) atoms. The summed E-state index contributed by atoms with van der Waals surface area (Å²) in [5.74, 6) is 1.24. The van der Waals surface area contributed by atoms with E-state index in [4.69, 9.17) is 11.6 Å². The molecule has 4 heterocycles. The molecule has 1 atom stereocenters. The van der Waals surface area contributed by atoms with Crippen LogP contribution in [0.5, 0.6) is 0 Å². The van der Waals surface area contributed by atoms with E-state index >= 15 is 0 Å². The molecule has 1 unspecified atom stereocenters. The molecule has 4 rings (SSSR count). The molecule has 6 heteroatoms. The predicted octanol–water partition coefficient (Wildman–Crippen LogP) is 3.54. The maximum atomic E-state index is 12.5. The van der Waals surface area contributed by atoms with Crippen LogP contribution in [0.1, 0.15) is 31.2 Å². The summed E-state index contributed by atoms with van der Waals surface area (Å²) in [5.41, 5.74) is 1.29. The SMILES string of the molecule is O=C1CCC2(CCCN(c3ccc(Cl)cn3)C2)CN1Cc1ccncc1. The highest BCUT2D eigenvalue weighted by atomic mass is 35.5. The molecule has 0 saturated carbocycles. The van der Waals surface area contributed by atoms with Crippen molar-refractivity contribution >= 4 is 23.3 Å². The van der Waals surface area contributed by atoms with Crippen LogP contribution in [0.15, 0.2) is 42.9 Å². The van der Waals surface area contributed by atoms with E-state index in [-0.39, 0.29) is 11.3 Å². The van der Waals surface area contributed by atoms with Crippen molar-refractivity contribution in [3.05, 3.63) is 53.4 Å². The number of rotatable bonds is 3. The van der Waals surface area contributed by atoms with Crippen LogP contribution < -0.4 is 4.90 Å². The van der Waals surface area contributed by atoms with Crippen LogP contribution in [-0.2, 0) is 11.3 Å². The fraction of sp³-hybridized carbons (Fsp3) is 0.450. The van der Waals surface area contributed by atoms with Crippen molar-refractivity contribution in [2.24, 2.45) is 5.41 Å². The molecule has 2 aliphatic heterocycles. The van der Waals surface area contributed by atoms with Gasteiger partial charge in [0, 0.05) is 56.6 Å². The van der Waals surface area contributed by atoms with Crippen LogP contribution in [0, 0.1) is 5.41 Å². The van der Waals surface area contributed by atoms with Crippen molar-refractivity contribution in [2.75, 3.05) is 24.5 Å². The monoisotopic (exact) mass is 370 g/mol. The van der Waals surface area contributed by atoms with E-state index in [0.717, 1.165) is 50.3 Å². The first-order valence-electron chi connectivity index (χ1n) is 9.17. The lowest BCUT2D eigenvalue weighted by Crippen LogP contribution is -2.54. The fourth-order valence-corrected chi connectivity index (χ4v) is 4.36. The Morgan fingerprint density at radius 1 is 1.12 bits per heavy atom. The molecular weight excluding hydrogens is 348 g/mol. The number of anilines is 1. The van der Waals surface area contributed by atoms with Gasteiger partial charge in [-0.2, -0.15) is 0 Å². The van der Waals surface area contributed by atoms with Gasteiger partial charge in [0.25, 0.3) is 0 Å². The molecule has 2 fully saturated rings. The third kappa shape index (κ3) is 3.68. The average molecular weight is 371 g/mol. The third-order valence-electron chi connectivity index (χ3n) is 5.57. The number of carbonyl (C=O) groups is 1. The zero-order valence-electron chi connectivity index (χ0n) is 14.8. The molecule has 1 spiro atoms. The second-order valence-corrected chi connectivity index (χ2v) is 7.90. The van der Waals surface area contributed by atoms with E-state index in [9.17, 15) is 4.79 Å². The summed E-state index contributed by atoms with van der Waals surface area (Å²) in [5, 5.41) is 0.660. The molecule has 2 aromatic heterocycles. The summed E-state index contributed by atoms with van der Waals surface area (Å²) in [6.45, 7) is 3.44. The fourth-order valence-electron chi connectivity index (χ4n) is 4.25. The van der Waals surface area contributed by atoms with Gasteiger partial charge >= 0.3 is 0 Å². The van der Waals surface area contributed by atoms with Gasteiger partial charge in [-0.25, -0.2) is 4.98 Å². The smallest absolute Gasteiger partial charge is 0.222 e. The Morgan fingerprint density at radius 3 is 2.73 bits per heavy atom. The molecule has 2 aliphatic rings. The number of carbonyl (C=O) groups excluding carboxylic acids is 1. The van der Waals surface area contributed by atoms with Crippen LogP contribution in [0.4, 0.5) is 5.82 Å². The highest BCUT2D eigenvalue weighted by Crippen LogP contribution is 2.40. The number of pyridine rings is 2. The molecule has 136 valence electrons. The molecule has 5 nitrogen and oxygen atoms in total. The van der Waals surface area contributed by atoms with Crippen LogP contribution in [-0.4, -0.2) is 40.4 Å². The van der Waals surface area contributed by atoms with E-state index < -0.39 is 0 Å². The lowest BCUT2D eigenvalue weighted by Gasteiger charge is -2.48. The van der Waals surface area contributed by atoms with Crippen molar-refractivity contribution in [1.82, 2.24) is 14.9 Å². The molecule has 0 aromatic carbocycles. The van der Waals surface area contributed by atoms with Crippen LogP contribution >= 0.6 is 11.6 Å². The summed E-state index contributed by atoms with van der Waals surface area (Å²) >= 11 is 5.98. The second kappa shape index (κ2) is 7.23. The Balaban J connectivity index is 1.49. The van der Waals surface area contributed by atoms with E-state index in [1.54, 1.807) is 18.6 Å². The van der Waals surface area contributed by atoms with Gasteiger partial charge in [-0.15, -0.1) is 0 Å². The van der Waals surface area contributed by atoms with E-state index in [0.29, 0.717) is 18.0 Å². The maximum absolute atomic E-state index is 12.5. The third-order valence-corrected chi connectivity index (χ3v) is 5.79. The number of aromatic nitrogens is 2. The number of likely N-dealkylation sites (tertiary alicyclic amines) is 1. The molecule has 2 aromatic rings. The van der Waals surface area contributed by atoms with E-state index in [1.807, 2.05) is 29.2 Å². The quantitative estimate of drug-likeness (QED) is 0.829. The largest absolute Gasteiger partial charge is 0.356 e. The van der Waals surface area contributed by atoms with Crippen molar-refractivity contribution in [2.45, 2.75) is 32.2 Å². The lowest BCUT2D eigenvalue weighted by atomic mass is 9.73. The van der Waals surface area contributed by atoms with E-state index in [2.05, 4.69) is 14.9 Å². The zero-order valence-corrected chi connectivity index (χ0v) is 15.5. The number of hydrogen-bond donors (Lipinski definition) is 0. The van der Waals surface area contributed by atoms with Gasteiger partial charge in [0.1, 0.15) is 5.82 Å². The van der Waals surface area contributed by atoms with Crippen LogP contribution in [0.2, 0.25) is 5.02 Å². The van der Waals surface area contributed by atoms with Gasteiger partial charge in [-0.1, -0.05) is 11.6 Å². The van der Waals surface area contributed by atoms with Gasteiger partial charge in [-0.3, -0.25) is 9.78 Å². The first-order chi connectivity index (χ1) is 12.6. The first-order valence-corrected chi connectivity index (χ1v) is 9.55. The van der Waals surface area contributed by atoms with Crippen molar-refractivity contribution in [3.63, 3.8) is 0 Å². The Bertz CT molecular complexity index is 767. The van der Waals surface area contributed by atoms with Crippen LogP contribution in [0.3, 0.4) is 0 Å². The standard InChI is InChI=1S/C20H23ClN4O/c21-17-2-3-18(23-12-17)24-11-1-7-20(14-24)8-4-19(26)25(15-20)13-16-5-9-22-10-6-16/h2-3,5-6,9-10,12H,1,4,7-8,11,13-15H2. The minimum atomic E-state index is 0.153. The normalized spacial score (nSPS) is 23.5. The maximum Gasteiger partial charge on any atom is 0.222 e. The minimum absolute atomic E-state index is 0.153. The summed E-state index contributed by atoms with van der Waals surface area (Å²) in [4.78, 5) is 25.4. The van der Waals surface area contributed by atoms with Crippen LogP contribution in [0.25, 0.3) is 0 Å². The highest BCUT2D eigenvalue weighted by molar-refractivity contribution is 6.30. The Labute approximate surface area is 159 Å². The van der Waals surface area contributed by atoms with E-state index in [1.165, 1.54) is 0 Å². The second-order valence-electron chi connectivity index (χ2n) is 7.46. The van der Waals surface area contributed by atoms with Crippen molar-refractivity contribution < 1.29 is 4.79 Å². The van der Waals surface area contributed by atoms with Crippen molar-refractivity contribution in [3.8, 4) is 0 Å². The van der Waals surface area contributed by atoms with Gasteiger partial charge in [0.15, 0.2) is 0 Å². The van der Waals surface area contributed by atoms with Gasteiger partial charge in [0.05, 0.1) is 5.02 Å². The Kier molecular flexibility index (Phi) is 4.81. The van der Waals surface area contributed by atoms with Gasteiger partial charge < -0.3 is 9.80 Å². The number of halogens is 1. The zero-order chi connectivity index (χ0) is 18.0. The highest BCUT2D eigenvalue weighted by Gasteiger charge is 2.41. The Morgan fingerprint density at radius 2 is 1.96 bits per heavy atom. The summed E-state index contributed by atoms with van der Waals surface area (Å²) in [7, 11) is 0. The van der Waals surface area contributed by atoms with Gasteiger partial charge in [0.2, 0.25) is 5.91 Å². The van der Waals surface area contributed by atoms with Crippen molar-refractivity contribution in [1.29, 1.82) is 0 Å². The lowest BCUT2D eigenvalue weighted by molar-refractivity contribution is -0.138. The number of piperidine rings is 2. The number of amides is 1. The summed E-state index contributed by atoms with van der Waals surface area (Å²) < 4.78 is 0. The average Bonchev–Trinajstić information content (AvgIpc) is 2.67. The molecule has 0 aliphatic carbocycles. The predicted molar refractivity (Wildman–Crippen MR) is 102 cm³/mol. The minimum Gasteiger partial charge on any atom is -0.356 e. The number of nitrogens with zero attached hydrogens (tertiary/aromatic N) is 4. The first kappa shape index (κ1) is 17.3. The molecular formula is C20H23ClN4O. The molecule has 1 amide bonds. The Hall–Kier alpha value is -2.14. The topological polar surface area (TPSA) is 49.3 Å². The molecule has 2 saturated heterocycles. The molecule has 0 radical (unpaired) electrons. The van der Waals surface area contributed by atoms with Gasteiger partial charge in [-0.05, 0) is 49.1 Å².